The number of carbonyl (C=O) groups is 1. The number of piperidine rings is 1. The molecule has 2 aliphatic heterocycles. The van der Waals surface area contributed by atoms with Crippen LogP contribution >= 0.6 is 0 Å². The molecule has 0 aromatic carbocycles. The molecule has 4 rings (SSSR count). The number of nitrogens with one attached hydrogen (secondary N) is 1. The molecule has 0 aromatic rings. The maximum absolute atomic E-state index is 12.4. The first-order valence-corrected chi connectivity index (χ1v) is 10.1. The van der Waals surface area contributed by atoms with Gasteiger partial charge in [0.05, 0.1) is 13.2 Å². The Morgan fingerprint density at radius 1 is 0.958 bits per heavy atom. The van der Waals surface area contributed by atoms with Crippen LogP contribution in [0.2, 0.25) is 0 Å². The molecule has 136 valence electrons. The fourth-order valence-corrected chi connectivity index (χ4v) is 4.54. The Hall–Kier alpha value is -0.650. The highest BCUT2D eigenvalue weighted by Crippen LogP contribution is 2.44. The van der Waals surface area contributed by atoms with Crippen molar-refractivity contribution in [1.82, 2.24) is 15.1 Å². The molecular formula is C19H33N3O2. The van der Waals surface area contributed by atoms with E-state index in [4.69, 9.17) is 4.74 Å². The summed E-state index contributed by atoms with van der Waals surface area (Å²) in [6, 6.07) is 1.18. The van der Waals surface area contributed by atoms with Crippen LogP contribution in [0.25, 0.3) is 0 Å². The van der Waals surface area contributed by atoms with Gasteiger partial charge >= 0.3 is 0 Å². The molecular weight excluding hydrogens is 302 g/mol. The van der Waals surface area contributed by atoms with Gasteiger partial charge < -0.3 is 10.1 Å². The summed E-state index contributed by atoms with van der Waals surface area (Å²) in [6.45, 7) is 6.78. The highest BCUT2D eigenvalue weighted by molar-refractivity contribution is 5.78. The zero-order valence-corrected chi connectivity index (χ0v) is 14.9. The van der Waals surface area contributed by atoms with Gasteiger partial charge in [-0.1, -0.05) is 0 Å². The molecule has 24 heavy (non-hydrogen) atoms. The summed E-state index contributed by atoms with van der Waals surface area (Å²) in [6.07, 6.45) is 8.85. The zero-order chi connectivity index (χ0) is 16.4. The first kappa shape index (κ1) is 16.8. The van der Waals surface area contributed by atoms with Crippen LogP contribution in [0, 0.1) is 11.8 Å². The van der Waals surface area contributed by atoms with Gasteiger partial charge in [0, 0.05) is 44.9 Å². The number of hydrogen-bond donors (Lipinski definition) is 1. The molecule has 0 bridgehead atoms. The van der Waals surface area contributed by atoms with Crippen molar-refractivity contribution in [2.45, 2.75) is 57.0 Å². The fourth-order valence-electron chi connectivity index (χ4n) is 4.54. The van der Waals surface area contributed by atoms with Crippen molar-refractivity contribution >= 4 is 5.91 Å². The van der Waals surface area contributed by atoms with Crippen LogP contribution in [0.4, 0.5) is 0 Å². The molecule has 4 fully saturated rings. The lowest BCUT2D eigenvalue weighted by molar-refractivity contribution is -0.123. The Kier molecular flexibility index (Phi) is 5.40. The molecule has 2 saturated carbocycles. The van der Waals surface area contributed by atoms with Crippen LogP contribution in [0.3, 0.4) is 0 Å². The number of nitrogens with zero attached hydrogens (tertiary/aromatic N) is 2. The standard InChI is InChI=1S/C19H33N3O2/c23-18(20-19(15-2-3-15)16-4-5-16)14-21-9-6-17(7-10-21)22-8-1-12-24-13-11-22/h15-17,19H,1-14H2,(H,20,23). The van der Waals surface area contributed by atoms with Gasteiger partial charge in [-0.05, 0) is 56.8 Å². The predicted molar refractivity (Wildman–Crippen MR) is 93.8 cm³/mol. The molecule has 1 N–H and O–H groups in total. The Bertz CT molecular complexity index is 408. The summed E-state index contributed by atoms with van der Waals surface area (Å²) in [4.78, 5) is 17.4. The molecule has 4 aliphatic rings. The molecule has 0 unspecified atom stereocenters. The van der Waals surface area contributed by atoms with E-state index in [9.17, 15) is 4.79 Å². The van der Waals surface area contributed by atoms with Gasteiger partial charge in [-0.2, -0.15) is 0 Å². The number of carbonyl (C=O) groups excluding carboxylic acids is 1. The largest absolute Gasteiger partial charge is 0.380 e. The third-order valence-electron chi connectivity index (χ3n) is 6.28. The number of hydrogen-bond acceptors (Lipinski definition) is 4. The van der Waals surface area contributed by atoms with Crippen LogP contribution in [-0.2, 0) is 9.53 Å². The lowest BCUT2D eigenvalue weighted by Crippen LogP contribution is -2.49. The second-order valence-electron chi connectivity index (χ2n) is 8.28. The lowest BCUT2D eigenvalue weighted by atomic mass is 10.0. The predicted octanol–water partition coefficient (Wildman–Crippen LogP) is 1.48. The van der Waals surface area contributed by atoms with Crippen molar-refractivity contribution in [3.05, 3.63) is 0 Å². The highest BCUT2D eigenvalue weighted by atomic mass is 16.5. The third kappa shape index (κ3) is 4.50. The second kappa shape index (κ2) is 7.71. The number of ether oxygens (including phenoxy) is 1. The fraction of sp³-hybridized carbons (Fsp3) is 0.947. The second-order valence-corrected chi connectivity index (χ2v) is 8.28. The molecule has 5 nitrogen and oxygen atoms in total. The van der Waals surface area contributed by atoms with E-state index in [1.165, 1.54) is 45.1 Å². The van der Waals surface area contributed by atoms with Gasteiger partial charge in [-0.15, -0.1) is 0 Å². The topological polar surface area (TPSA) is 44.8 Å². The maximum Gasteiger partial charge on any atom is 0.234 e. The van der Waals surface area contributed by atoms with E-state index in [0.717, 1.165) is 51.1 Å². The lowest BCUT2D eigenvalue weighted by Gasteiger charge is -2.37. The molecule has 0 atom stereocenters. The molecule has 2 aliphatic carbocycles. The van der Waals surface area contributed by atoms with Crippen molar-refractivity contribution in [1.29, 1.82) is 0 Å². The van der Waals surface area contributed by atoms with E-state index in [0.29, 0.717) is 18.6 Å². The smallest absolute Gasteiger partial charge is 0.234 e. The van der Waals surface area contributed by atoms with Crippen molar-refractivity contribution in [2.75, 3.05) is 45.9 Å². The van der Waals surface area contributed by atoms with Crippen molar-refractivity contribution < 1.29 is 9.53 Å². The number of likely N-dealkylation sites (tertiary alicyclic amines) is 1. The van der Waals surface area contributed by atoms with Crippen molar-refractivity contribution in [3.8, 4) is 0 Å². The van der Waals surface area contributed by atoms with E-state index in [1.54, 1.807) is 0 Å². The van der Waals surface area contributed by atoms with Gasteiger partial charge in [0.1, 0.15) is 0 Å². The number of rotatable bonds is 6. The Balaban J connectivity index is 1.19. The van der Waals surface area contributed by atoms with E-state index < -0.39 is 0 Å². The average Bonchev–Trinajstić information content (AvgIpc) is 3.48. The Morgan fingerprint density at radius 2 is 1.67 bits per heavy atom. The third-order valence-corrected chi connectivity index (χ3v) is 6.28. The SMILES string of the molecule is O=C(CN1CCC(N2CCCOCC2)CC1)NC(C1CC1)C1CC1. The summed E-state index contributed by atoms with van der Waals surface area (Å²) in [5, 5.41) is 3.36. The molecule has 1 amide bonds. The molecule has 5 heteroatoms. The van der Waals surface area contributed by atoms with Gasteiger partial charge in [0.15, 0.2) is 0 Å². The monoisotopic (exact) mass is 335 g/mol. The van der Waals surface area contributed by atoms with E-state index in [2.05, 4.69) is 15.1 Å². The van der Waals surface area contributed by atoms with E-state index in [-0.39, 0.29) is 5.91 Å². The van der Waals surface area contributed by atoms with Crippen LogP contribution in [0.5, 0.6) is 0 Å². The van der Waals surface area contributed by atoms with Gasteiger partial charge in [-0.3, -0.25) is 14.6 Å². The first-order valence-electron chi connectivity index (χ1n) is 10.1. The minimum atomic E-state index is 0.264. The summed E-state index contributed by atoms with van der Waals surface area (Å²) < 4.78 is 5.57. The summed E-state index contributed by atoms with van der Waals surface area (Å²) in [7, 11) is 0. The van der Waals surface area contributed by atoms with Crippen LogP contribution in [0.1, 0.15) is 44.9 Å². The average molecular weight is 335 g/mol. The Labute approximate surface area is 146 Å². The van der Waals surface area contributed by atoms with Crippen LogP contribution in [0.15, 0.2) is 0 Å². The maximum atomic E-state index is 12.4. The zero-order valence-electron chi connectivity index (χ0n) is 14.9. The molecule has 0 aromatic heterocycles. The minimum Gasteiger partial charge on any atom is -0.380 e. The van der Waals surface area contributed by atoms with E-state index >= 15 is 0 Å². The van der Waals surface area contributed by atoms with Crippen LogP contribution in [-0.4, -0.2) is 73.7 Å². The highest BCUT2D eigenvalue weighted by Gasteiger charge is 2.42. The summed E-state index contributed by atoms with van der Waals surface area (Å²) >= 11 is 0. The molecule has 2 saturated heterocycles. The summed E-state index contributed by atoms with van der Waals surface area (Å²) in [5.74, 6) is 1.84. The minimum absolute atomic E-state index is 0.264. The molecule has 0 spiro atoms. The first-order chi connectivity index (χ1) is 11.8. The van der Waals surface area contributed by atoms with E-state index in [1.807, 2.05) is 0 Å². The van der Waals surface area contributed by atoms with Crippen molar-refractivity contribution in [3.63, 3.8) is 0 Å². The van der Waals surface area contributed by atoms with Crippen LogP contribution < -0.4 is 5.32 Å². The summed E-state index contributed by atoms with van der Waals surface area (Å²) in [5.41, 5.74) is 0. The van der Waals surface area contributed by atoms with Gasteiger partial charge in [0.25, 0.3) is 0 Å². The van der Waals surface area contributed by atoms with Gasteiger partial charge in [-0.25, -0.2) is 0 Å². The number of amides is 1. The normalized spacial score (nSPS) is 28.0. The van der Waals surface area contributed by atoms with Gasteiger partial charge in [0.2, 0.25) is 5.91 Å². The quantitative estimate of drug-likeness (QED) is 0.799. The molecule has 2 heterocycles. The Morgan fingerprint density at radius 3 is 2.33 bits per heavy atom. The molecule has 0 radical (unpaired) electrons. The van der Waals surface area contributed by atoms with Crippen molar-refractivity contribution in [2.24, 2.45) is 11.8 Å².